The Hall–Kier alpha value is -2.22. The lowest BCUT2D eigenvalue weighted by atomic mass is 10.0. The van der Waals surface area contributed by atoms with Gasteiger partial charge in [0, 0.05) is 24.1 Å². The van der Waals surface area contributed by atoms with E-state index in [-0.39, 0.29) is 16.8 Å². The summed E-state index contributed by atoms with van der Waals surface area (Å²) in [5.41, 5.74) is 3.11. The van der Waals surface area contributed by atoms with E-state index >= 15 is 0 Å². The fourth-order valence-corrected chi connectivity index (χ4v) is 4.02. The van der Waals surface area contributed by atoms with Gasteiger partial charge >= 0.3 is 0 Å². The Balaban J connectivity index is 1.67. The van der Waals surface area contributed by atoms with Crippen LogP contribution in [0.15, 0.2) is 53.4 Å². The maximum absolute atomic E-state index is 12.8. The highest BCUT2D eigenvalue weighted by molar-refractivity contribution is 7.89. The predicted octanol–water partition coefficient (Wildman–Crippen LogP) is 2.03. The number of nitrogens with one attached hydrogen (secondary N) is 2. The van der Waals surface area contributed by atoms with Gasteiger partial charge < -0.3 is 10.2 Å². The smallest absolute Gasteiger partial charge is 0.282 e. The zero-order valence-corrected chi connectivity index (χ0v) is 18.0. The first-order chi connectivity index (χ1) is 13.6. The first kappa shape index (κ1) is 21.5. The molecule has 2 atom stereocenters. The van der Waals surface area contributed by atoms with Crippen molar-refractivity contribution in [2.24, 2.45) is 5.14 Å². The molecule has 0 saturated heterocycles. The maximum Gasteiger partial charge on any atom is 0.282 e. The van der Waals surface area contributed by atoms with Crippen molar-refractivity contribution in [3.05, 3.63) is 59.7 Å². The van der Waals surface area contributed by atoms with Crippen LogP contribution in [0, 0.1) is 0 Å². The number of rotatable bonds is 8. The van der Waals surface area contributed by atoms with E-state index in [9.17, 15) is 13.2 Å². The minimum absolute atomic E-state index is 0.0265. The fraction of sp³-hybridized carbons (Fsp3) is 0.409. The van der Waals surface area contributed by atoms with E-state index in [1.54, 1.807) is 12.1 Å². The second kappa shape index (κ2) is 8.65. The number of anilines is 1. The number of carbonyl (C=O) groups is 1. The normalized spacial score (nSPS) is 16.4. The molecule has 3 rings (SSSR count). The molecular formula is C22H30N3O3S+. The third-order valence-corrected chi connectivity index (χ3v) is 6.49. The Morgan fingerprint density at radius 2 is 1.66 bits per heavy atom. The van der Waals surface area contributed by atoms with Crippen LogP contribution in [0.5, 0.6) is 0 Å². The van der Waals surface area contributed by atoms with Crippen LogP contribution in [0.4, 0.5) is 5.69 Å². The van der Waals surface area contributed by atoms with Gasteiger partial charge in [0.25, 0.3) is 5.91 Å². The van der Waals surface area contributed by atoms with Crippen LogP contribution in [-0.4, -0.2) is 26.4 Å². The van der Waals surface area contributed by atoms with Gasteiger partial charge in [-0.05, 0) is 42.7 Å². The quantitative estimate of drug-likeness (QED) is 0.615. The van der Waals surface area contributed by atoms with Crippen molar-refractivity contribution >= 4 is 21.6 Å². The molecule has 0 aromatic heterocycles. The van der Waals surface area contributed by atoms with E-state index in [0.29, 0.717) is 17.6 Å². The molecule has 1 aliphatic carbocycles. The third kappa shape index (κ3) is 5.65. The van der Waals surface area contributed by atoms with E-state index < -0.39 is 10.0 Å². The van der Waals surface area contributed by atoms with Gasteiger partial charge in [-0.25, -0.2) is 13.6 Å². The molecule has 0 aliphatic heterocycles. The molecule has 1 saturated carbocycles. The van der Waals surface area contributed by atoms with Gasteiger partial charge in [-0.15, -0.1) is 0 Å². The molecule has 4 N–H and O–H groups in total. The molecule has 0 heterocycles. The summed E-state index contributed by atoms with van der Waals surface area (Å²) in [6.07, 6.45) is 2.28. The van der Waals surface area contributed by atoms with Crippen LogP contribution < -0.4 is 15.4 Å². The molecule has 2 aromatic rings. The number of primary sulfonamides is 1. The average molecular weight is 417 g/mol. The standard InChI is InChI=1S/C22H29N3O3S/c1-15(2)18-6-4-17(5-7-18)14-25(20-10-11-20)16(3)22(26)24-19-8-12-21(13-9-19)29(23,27)28/h4-9,12-13,15-16,20H,10-11,14H2,1-3H3,(H,24,26)(H2,23,27,28)/p+1/t16-/m0/s1. The number of amides is 1. The number of sulfonamides is 1. The maximum atomic E-state index is 12.8. The van der Waals surface area contributed by atoms with Crippen molar-refractivity contribution in [3.8, 4) is 0 Å². The SMILES string of the molecule is CC(C)c1ccc(C[NH+](C2CC2)[C@@H](C)C(=O)Nc2ccc(S(N)(=O)=O)cc2)cc1. The van der Waals surface area contributed by atoms with Gasteiger partial charge in [0.2, 0.25) is 10.0 Å². The van der Waals surface area contributed by atoms with Gasteiger partial charge in [-0.2, -0.15) is 0 Å². The molecule has 0 spiro atoms. The van der Waals surface area contributed by atoms with E-state index in [4.69, 9.17) is 5.14 Å². The molecule has 2 aromatic carbocycles. The molecule has 1 amide bonds. The molecule has 1 unspecified atom stereocenters. The van der Waals surface area contributed by atoms with E-state index in [2.05, 4.69) is 43.4 Å². The van der Waals surface area contributed by atoms with E-state index in [1.165, 1.54) is 28.2 Å². The number of benzene rings is 2. The third-order valence-electron chi connectivity index (χ3n) is 5.56. The highest BCUT2D eigenvalue weighted by Gasteiger charge is 2.39. The summed E-state index contributed by atoms with van der Waals surface area (Å²) in [6, 6.07) is 14.9. The molecule has 0 bridgehead atoms. The van der Waals surface area contributed by atoms with Crippen molar-refractivity contribution in [2.45, 2.75) is 63.1 Å². The van der Waals surface area contributed by atoms with Gasteiger partial charge in [0.1, 0.15) is 6.54 Å². The topological polar surface area (TPSA) is 93.7 Å². The predicted molar refractivity (Wildman–Crippen MR) is 114 cm³/mol. The van der Waals surface area contributed by atoms with Gasteiger partial charge in [0.15, 0.2) is 6.04 Å². The largest absolute Gasteiger partial charge is 0.321 e. The zero-order chi connectivity index (χ0) is 21.2. The molecule has 156 valence electrons. The lowest BCUT2D eigenvalue weighted by Gasteiger charge is -2.25. The monoisotopic (exact) mass is 416 g/mol. The first-order valence-corrected chi connectivity index (χ1v) is 11.6. The zero-order valence-electron chi connectivity index (χ0n) is 17.2. The van der Waals surface area contributed by atoms with Crippen LogP contribution >= 0.6 is 0 Å². The van der Waals surface area contributed by atoms with Crippen LogP contribution in [0.3, 0.4) is 0 Å². The number of carbonyl (C=O) groups excluding carboxylic acids is 1. The summed E-state index contributed by atoms with van der Waals surface area (Å²) >= 11 is 0. The first-order valence-electron chi connectivity index (χ1n) is 10.0. The number of hydrogen-bond acceptors (Lipinski definition) is 3. The lowest BCUT2D eigenvalue weighted by Crippen LogP contribution is -3.16. The average Bonchev–Trinajstić information content (AvgIpc) is 3.50. The Bertz CT molecular complexity index is 950. The second-order valence-electron chi connectivity index (χ2n) is 8.20. The second-order valence-corrected chi connectivity index (χ2v) is 9.76. The van der Waals surface area contributed by atoms with E-state index in [0.717, 1.165) is 19.4 Å². The van der Waals surface area contributed by atoms with E-state index in [1.807, 2.05) is 6.92 Å². The molecule has 1 aliphatic rings. The lowest BCUT2D eigenvalue weighted by molar-refractivity contribution is -0.938. The molecule has 1 fully saturated rings. The highest BCUT2D eigenvalue weighted by Crippen LogP contribution is 2.18. The Kier molecular flexibility index (Phi) is 6.41. The summed E-state index contributed by atoms with van der Waals surface area (Å²) in [6.45, 7) is 7.11. The van der Waals surface area contributed by atoms with Crippen LogP contribution in [0.25, 0.3) is 0 Å². The van der Waals surface area contributed by atoms with Crippen LogP contribution in [0.2, 0.25) is 0 Å². The number of quaternary nitrogens is 1. The van der Waals surface area contributed by atoms with Crippen molar-refractivity contribution in [1.82, 2.24) is 0 Å². The Morgan fingerprint density at radius 1 is 1.07 bits per heavy atom. The molecule has 7 heteroatoms. The fourth-order valence-electron chi connectivity index (χ4n) is 3.51. The van der Waals surface area contributed by atoms with Crippen molar-refractivity contribution in [1.29, 1.82) is 0 Å². The molecular weight excluding hydrogens is 386 g/mol. The minimum Gasteiger partial charge on any atom is -0.321 e. The van der Waals surface area contributed by atoms with Crippen molar-refractivity contribution in [3.63, 3.8) is 0 Å². The Morgan fingerprint density at radius 3 is 2.14 bits per heavy atom. The summed E-state index contributed by atoms with van der Waals surface area (Å²) in [5.74, 6) is 0.426. The molecule has 29 heavy (non-hydrogen) atoms. The summed E-state index contributed by atoms with van der Waals surface area (Å²) < 4.78 is 22.7. The van der Waals surface area contributed by atoms with Crippen molar-refractivity contribution < 1.29 is 18.1 Å². The Labute approximate surface area is 173 Å². The molecule has 6 nitrogen and oxygen atoms in total. The van der Waals surface area contributed by atoms with Crippen LogP contribution in [-0.2, 0) is 21.4 Å². The number of hydrogen-bond donors (Lipinski definition) is 3. The summed E-state index contributed by atoms with van der Waals surface area (Å²) in [4.78, 5) is 14.1. The highest BCUT2D eigenvalue weighted by atomic mass is 32.2. The van der Waals surface area contributed by atoms with Crippen LogP contribution in [0.1, 0.15) is 50.7 Å². The number of nitrogens with two attached hydrogens (primary N) is 1. The van der Waals surface area contributed by atoms with Gasteiger partial charge in [-0.3, -0.25) is 4.79 Å². The minimum atomic E-state index is -3.74. The van der Waals surface area contributed by atoms with Crippen molar-refractivity contribution in [2.75, 3.05) is 5.32 Å². The molecule has 0 radical (unpaired) electrons. The van der Waals surface area contributed by atoms with Gasteiger partial charge in [0.05, 0.1) is 10.9 Å². The summed E-state index contributed by atoms with van der Waals surface area (Å²) in [7, 11) is -3.74. The summed E-state index contributed by atoms with van der Waals surface area (Å²) in [5, 5.41) is 8.01. The van der Waals surface area contributed by atoms with Gasteiger partial charge in [-0.1, -0.05) is 38.1 Å².